The second-order valence-corrected chi connectivity index (χ2v) is 6.82. The first-order valence-corrected chi connectivity index (χ1v) is 9.99. The van der Waals surface area contributed by atoms with Crippen LogP contribution >= 0.6 is 0 Å². The van der Waals surface area contributed by atoms with Crippen molar-refractivity contribution in [3.05, 3.63) is 83.9 Å². The Hall–Kier alpha value is -4.01. The van der Waals surface area contributed by atoms with Gasteiger partial charge in [0, 0.05) is 11.3 Å². The lowest BCUT2D eigenvalue weighted by atomic mass is 10.1. The summed E-state index contributed by atoms with van der Waals surface area (Å²) in [4.78, 5) is 24.4. The third kappa shape index (κ3) is 6.73. The van der Waals surface area contributed by atoms with Gasteiger partial charge in [0.25, 0.3) is 11.8 Å². The van der Waals surface area contributed by atoms with E-state index in [0.717, 1.165) is 6.07 Å². The van der Waals surface area contributed by atoms with Gasteiger partial charge < -0.3 is 20.1 Å². The van der Waals surface area contributed by atoms with Crippen LogP contribution in [0.2, 0.25) is 0 Å². The van der Waals surface area contributed by atoms with Gasteiger partial charge in [-0.05, 0) is 67.6 Å². The topological polar surface area (TPSA) is 76.7 Å². The first-order chi connectivity index (χ1) is 15.8. The van der Waals surface area contributed by atoms with Crippen molar-refractivity contribution in [2.75, 3.05) is 23.8 Å². The summed E-state index contributed by atoms with van der Waals surface area (Å²) in [7, 11) is 0. The fraction of sp³-hybridized carbons (Fsp3) is 0.167. The molecule has 3 aromatic carbocycles. The van der Waals surface area contributed by atoms with Gasteiger partial charge in [-0.15, -0.1) is 0 Å². The van der Waals surface area contributed by atoms with E-state index in [1.807, 2.05) is 6.92 Å². The smallest absolute Gasteiger partial charge is 0.418 e. The number of alkyl halides is 3. The predicted octanol–water partition coefficient (Wildman–Crippen LogP) is 5.37. The zero-order valence-corrected chi connectivity index (χ0v) is 17.6. The lowest BCUT2D eigenvalue weighted by molar-refractivity contribution is -0.137. The molecule has 6 nitrogen and oxygen atoms in total. The van der Waals surface area contributed by atoms with Crippen LogP contribution < -0.4 is 20.1 Å². The molecule has 0 bridgehead atoms. The van der Waals surface area contributed by atoms with Crippen molar-refractivity contribution in [3.8, 4) is 11.5 Å². The molecule has 33 heavy (non-hydrogen) atoms. The van der Waals surface area contributed by atoms with Crippen molar-refractivity contribution in [2.45, 2.75) is 13.1 Å². The van der Waals surface area contributed by atoms with Crippen molar-refractivity contribution >= 4 is 23.2 Å². The molecule has 0 saturated carbocycles. The molecule has 0 aliphatic rings. The summed E-state index contributed by atoms with van der Waals surface area (Å²) >= 11 is 0. The van der Waals surface area contributed by atoms with Crippen molar-refractivity contribution in [1.29, 1.82) is 0 Å². The van der Waals surface area contributed by atoms with Gasteiger partial charge in [-0.3, -0.25) is 9.59 Å². The van der Waals surface area contributed by atoms with E-state index in [1.54, 1.807) is 24.3 Å². The quantitative estimate of drug-likeness (QED) is 0.476. The second-order valence-electron chi connectivity index (χ2n) is 6.82. The van der Waals surface area contributed by atoms with Gasteiger partial charge in [0.15, 0.2) is 6.61 Å². The van der Waals surface area contributed by atoms with Crippen LogP contribution in [0.5, 0.6) is 11.5 Å². The lowest BCUT2D eigenvalue weighted by Gasteiger charge is -2.14. The van der Waals surface area contributed by atoms with E-state index in [0.29, 0.717) is 23.6 Å². The summed E-state index contributed by atoms with van der Waals surface area (Å²) in [6.07, 6.45) is -4.59. The van der Waals surface area contributed by atoms with Crippen LogP contribution in [0.25, 0.3) is 0 Å². The van der Waals surface area contributed by atoms with E-state index >= 15 is 0 Å². The van der Waals surface area contributed by atoms with Crippen LogP contribution in [-0.2, 0) is 11.0 Å². The highest BCUT2D eigenvalue weighted by molar-refractivity contribution is 6.04. The number of rotatable bonds is 8. The summed E-state index contributed by atoms with van der Waals surface area (Å²) in [6.45, 7) is 1.93. The van der Waals surface area contributed by atoms with Crippen molar-refractivity contribution in [3.63, 3.8) is 0 Å². The van der Waals surface area contributed by atoms with Gasteiger partial charge in [-0.25, -0.2) is 0 Å². The van der Waals surface area contributed by atoms with Crippen LogP contribution in [0.4, 0.5) is 24.5 Å². The number of hydrogen-bond donors (Lipinski definition) is 2. The Morgan fingerprint density at radius 1 is 0.818 bits per heavy atom. The van der Waals surface area contributed by atoms with Gasteiger partial charge in [-0.2, -0.15) is 13.2 Å². The molecule has 0 spiro atoms. The van der Waals surface area contributed by atoms with Gasteiger partial charge >= 0.3 is 6.18 Å². The molecule has 0 unspecified atom stereocenters. The lowest BCUT2D eigenvalue weighted by Crippen LogP contribution is -2.22. The number of halogens is 3. The number of nitrogens with one attached hydrogen (secondary N) is 2. The number of para-hydroxylation sites is 1. The van der Waals surface area contributed by atoms with Crippen LogP contribution in [0.1, 0.15) is 22.8 Å². The molecule has 3 rings (SSSR count). The first kappa shape index (κ1) is 23.6. The normalized spacial score (nSPS) is 10.9. The molecule has 0 atom stereocenters. The fourth-order valence-corrected chi connectivity index (χ4v) is 2.88. The molecule has 0 saturated heterocycles. The Morgan fingerprint density at radius 3 is 2.06 bits per heavy atom. The Kier molecular flexibility index (Phi) is 7.55. The Bertz CT molecular complexity index is 1100. The minimum absolute atomic E-state index is 0.284. The minimum atomic E-state index is -4.59. The molecular formula is C24H21F3N2O4. The molecule has 0 aromatic heterocycles. The Balaban J connectivity index is 1.53. The Morgan fingerprint density at radius 2 is 1.42 bits per heavy atom. The summed E-state index contributed by atoms with van der Waals surface area (Å²) in [5.74, 6) is -0.106. The number of amides is 2. The maximum Gasteiger partial charge on any atom is 0.418 e. The largest absolute Gasteiger partial charge is 0.494 e. The number of benzene rings is 3. The van der Waals surface area contributed by atoms with Crippen molar-refractivity contribution in [2.24, 2.45) is 0 Å². The minimum Gasteiger partial charge on any atom is -0.494 e. The Labute approximate surface area is 188 Å². The van der Waals surface area contributed by atoms with E-state index in [4.69, 9.17) is 9.47 Å². The molecule has 0 heterocycles. The monoisotopic (exact) mass is 458 g/mol. The molecule has 0 radical (unpaired) electrons. The van der Waals surface area contributed by atoms with E-state index in [-0.39, 0.29) is 17.3 Å². The number of ether oxygens (including phenoxy) is 2. The highest BCUT2D eigenvalue weighted by Crippen LogP contribution is 2.34. The summed E-state index contributed by atoms with van der Waals surface area (Å²) in [5, 5.41) is 4.95. The summed E-state index contributed by atoms with van der Waals surface area (Å²) in [5.41, 5.74) is -0.333. The van der Waals surface area contributed by atoms with Gasteiger partial charge in [0.2, 0.25) is 0 Å². The van der Waals surface area contributed by atoms with Crippen LogP contribution in [0, 0.1) is 0 Å². The molecule has 2 amide bonds. The molecule has 172 valence electrons. The zero-order chi connectivity index (χ0) is 23.8. The molecule has 9 heteroatoms. The molecule has 3 aromatic rings. The SMILES string of the molecule is CCOc1ccc(NC(=O)c2ccc(OCC(=O)Nc3ccccc3C(F)(F)F)cc2)cc1. The fourth-order valence-electron chi connectivity index (χ4n) is 2.88. The average Bonchev–Trinajstić information content (AvgIpc) is 2.79. The second kappa shape index (κ2) is 10.5. The van der Waals surface area contributed by atoms with Crippen LogP contribution in [0.3, 0.4) is 0 Å². The molecule has 0 fully saturated rings. The average molecular weight is 458 g/mol. The number of carbonyl (C=O) groups is 2. The van der Waals surface area contributed by atoms with E-state index in [1.165, 1.54) is 42.5 Å². The molecule has 0 aliphatic heterocycles. The summed E-state index contributed by atoms with van der Waals surface area (Å²) < 4.78 is 49.7. The van der Waals surface area contributed by atoms with E-state index in [2.05, 4.69) is 10.6 Å². The van der Waals surface area contributed by atoms with Crippen molar-refractivity contribution in [1.82, 2.24) is 0 Å². The standard InChI is InChI=1S/C24H21F3N2O4/c1-2-32-18-13-9-17(10-14-18)28-23(31)16-7-11-19(12-8-16)33-15-22(30)29-21-6-4-3-5-20(21)24(25,26)27/h3-14H,2,15H2,1H3,(H,28,31)(H,29,30). The number of anilines is 2. The van der Waals surface area contributed by atoms with Gasteiger partial charge in [-0.1, -0.05) is 12.1 Å². The van der Waals surface area contributed by atoms with E-state index in [9.17, 15) is 22.8 Å². The van der Waals surface area contributed by atoms with Crippen LogP contribution in [-0.4, -0.2) is 25.0 Å². The van der Waals surface area contributed by atoms with Crippen LogP contribution in [0.15, 0.2) is 72.8 Å². The van der Waals surface area contributed by atoms with Crippen molar-refractivity contribution < 1.29 is 32.2 Å². The predicted molar refractivity (Wildman–Crippen MR) is 118 cm³/mol. The van der Waals surface area contributed by atoms with E-state index < -0.39 is 24.3 Å². The maximum absolute atomic E-state index is 13.0. The summed E-state index contributed by atoms with van der Waals surface area (Å²) in [6, 6.07) is 17.6. The van der Waals surface area contributed by atoms with Gasteiger partial charge in [0.1, 0.15) is 11.5 Å². The highest BCUT2D eigenvalue weighted by Gasteiger charge is 2.33. The molecule has 0 aliphatic carbocycles. The molecule has 2 N–H and O–H groups in total. The third-order valence-corrected chi connectivity index (χ3v) is 4.42. The zero-order valence-electron chi connectivity index (χ0n) is 17.6. The molecular weight excluding hydrogens is 437 g/mol. The highest BCUT2D eigenvalue weighted by atomic mass is 19.4. The first-order valence-electron chi connectivity index (χ1n) is 9.99. The third-order valence-electron chi connectivity index (χ3n) is 4.42. The maximum atomic E-state index is 13.0. The van der Waals surface area contributed by atoms with Gasteiger partial charge in [0.05, 0.1) is 17.9 Å². The number of hydrogen-bond acceptors (Lipinski definition) is 4. The number of carbonyl (C=O) groups excluding carboxylic acids is 2.